The molecule has 0 spiro atoms. The maximum absolute atomic E-state index is 12.1. The Morgan fingerprint density at radius 1 is 1.31 bits per heavy atom. The lowest BCUT2D eigenvalue weighted by Gasteiger charge is -2.26. The fourth-order valence-corrected chi connectivity index (χ4v) is 2.39. The molecule has 1 heterocycles. The summed E-state index contributed by atoms with van der Waals surface area (Å²) < 4.78 is 10.7. The molecule has 1 aromatic heterocycles. The molecule has 2 N–H and O–H groups in total. The topological polar surface area (TPSA) is 92.0 Å². The van der Waals surface area contributed by atoms with E-state index in [0.717, 1.165) is 18.0 Å². The van der Waals surface area contributed by atoms with Crippen molar-refractivity contribution < 1.29 is 14.1 Å². The van der Waals surface area contributed by atoms with Gasteiger partial charge in [0.2, 0.25) is 0 Å². The Bertz CT molecular complexity index is 640. The Kier molecular flexibility index (Phi) is 12.2. The molecule has 1 aromatic rings. The lowest BCUT2D eigenvalue weighted by Crippen LogP contribution is -2.42. The second-order valence-corrected chi connectivity index (χ2v) is 8.41. The fourth-order valence-electron chi connectivity index (χ4n) is 2.39. The van der Waals surface area contributed by atoms with E-state index in [0.29, 0.717) is 31.5 Å². The standard InChI is InChI=1S/C20H37N5O3.HI/c1-9-21-18(23-12-16-10-17(14(2)3)24-28-16)22-11-15(4)13-25(8)19(26)27-20(5,6)7;/h10,14-15H,9,11-13H2,1-8H3,(H2,21,22,23);1H. The molecule has 0 aliphatic rings. The van der Waals surface area contributed by atoms with Gasteiger partial charge in [0.15, 0.2) is 11.7 Å². The van der Waals surface area contributed by atoms with Gasteiger partial charge in [-0.25, -0.2) is 9.79 Å². The van der Waals surface area contributed by atoms with Crippen LogP contribution in [0.2, 0.25) is 0 Å². The largest absolute Gasteiger partial charge is 0.444 e. The number of amides is 1. The molecule has 0 fully saturated rings. The molecule has 0 saturated heterocycles. The molecule has 0 aliphatic carbocycles. The molecule has 9 heteroatoms. The van der Waals surface area contributed by atoms with Crippen LogP contribution in [0, 0.1) is 5.92 Å². The van der Waals surface area contributed by atoms with E-state index in [4.69, 9.17) is 9.26 Å². The number of aliphatic imine (C=N–C) groups is 1. The lowest BCUT2D eigenvalue weighted by molar-refractivity contribution is 0.0278. The Balaban J connectivity index is 0.00000784. The van der Waals surface area contributed by atoms with Crippen LogP contribution >= 0.6 is 24.0 Å². The molecule has 29 heavy (non-hydrogen) atoms. The Morgan fingerprint density at radius 2 is 1.97 bits per heavy atom. The second-order valence-electron chi connectivity index (χ2n) is 8.41. The van der Waals surface area contributed by atoms with Crippen molar-refractivity contribution in [2.75, 3.05) is 26.7 Å². The van der Waals surface area contributed by atoms with Crippen molar-refractivity contribution in [2.45, 2.75) is 66.5 Å². The van der Waals surface area contributed by atoms with Gasteiger partial charge in [-0.1, -0.05) is 25.9 Å². The first-order chi connectivity index (χ1) is 13.0. The summed E-state index contributed by atoms with van der Waals surface area (Å²) in [7, 11) is 1.75. The molecule has 8 nitrogen and oxygen atoms in total. The highest BCUT2D eigenvalue weighted by atomic mass is 127. The van der Waals surface area contributed by atoms with Gasteiger partial charge in [0.25, 0.3) is 0 Å². The summed E-state index contributed by atoms with van der Waals surface area (Å²) in [5.41, 5.74) is 0.440. The van der Waals surface area contributed by atoms with Gasteiger partial charge in [0, 0.05) is 32.7 Å². The highest BCUT2D eigenvalue weighted by Crippen LogP contribution is 2.14. The summed E-state index contributed by atoms with van der Waals surface area (Å²) in [6, 6.07) is 1.94. The van der Waals surface area contributed by atoms with Crippen molar-refractivity contribution in [2.24, 2.45) is 10.9 Å². The Morgan fingerprint density at radius 3 is 2.48 bits per heavy atom. The number of ether oxygens (including phenoxy) is 1. The minimum absolute atomic E-state index is 0. The number of carbonyl (C=O) groups excluding carboxylic acids is 1. The number of nitrogens with one attached hydrogen (secondary N) is 2. The van der Waals surface area contributed by atoms with E-state index in [9.17, 15) is 4.79 Å². The van der Waals surface area contributed by atoms with Gasteiger partial charge in [-0.3, -0.25) is 0 Å². The van der Waals surface area contributed by atoms with Crippen molar-refractivity contribution in [3.8, 4) is 0 Å². The van der Waals surface area contributed by atoms with Gasteiger partial charge >= 0.3 is 6.09 Å². The third-order valence-corrected chi connectivity index (χ3v) is 3.81. The normalized spacial score (nSPS) is 12.9. The van der Waals surface area contributed by atoms with Crippen molar-refractivity contribution >= 4 is 36.0 Å². The van der Waals surface area contributed by atoms with E-state index in [-0.39, 0.29) is 36.0 Å². The molecular weight excluding hydrogens is 485 g/mol. The molecule has 1 atom stereocenters. The van der Waals surface area contributed by atoms with Crippen molar-refractivity contribution in [1.82, 2.24) is 20.7 Å². The zero-order valence-corrected chi connectivity index (χ0v) is 21.4. The molecule has 0 bridgehead atoms. The first-order valence-electron chi connectivity index (χ1n) is 9.93. The first-order valence-corrected chi connectivity index (χ1v) is 9.93. The van der Waals surface area contributed by atoms with E-state index < -0.39 is 5.60 Å². The van der Waals surface area contributed by atoms with E-state index >= 15 is 0 Å². The number of aromatic nitrogens is 1. The summed E-state index contributed by atoms with van der Waals surface area (Å²) in [5, 5.41) is 10.6. The predicted octanol–water partition coefficient (Wildman–Crippen LogP) is 3.97. The van der Waals surface area contributed by atoms with Gasteiger partial charge in [-0.05, 0) is 39.5 Å². The van der Waals surface area contributed by atoms with Gasteiger partial charge < -0.3 is 24.8 Å². The van der Waals surface area contributed by atoms with Crippen LogP contribution in [0.15, 0.2) is 15.6 Å². The lowest BCUT2D eigenvalue weighted by atomic mass is 10.1. The molecule has 168 valence electrons. The van der Waals surface area contributed by atoms with Crippen LogP contribution in [0.3, 0.4) is 0 Å². The highest BCUT2D eigenvalue weighted by molar-refractivity contribution is 14.0. The van der Waals surface area contributed by atoms with E-state index in [1.807, 2.05) is 33.8 Å². The number of hydrogen-bond acceptors (Lipinski definition) is 5. The quantitative estimate of drug-likeness (QED) is 0.305. The average Bonchev–Trinajstić information content (AvgIpc) is 3.05. The third-order valence-electron chi connectivity index (χ3n) is 3.81. The number of hydrogen-bond donors (Lipinski definition) is 2. The van der Waals surface area contributed by atoms with E-state index in [1.54, 1.807) is 11.9 Å². The Hall–Kier alpha value is -1.52. The number of guanidine groups is 1. The molecule has 1 amide bonds. The van der Waals surface area contributed by atoms with Crippen LogP contribution in [0.25, 0.3) is 0 Å². The third kappa shape index (κ3) is 11.3. The molecule has 0 radical (unpaired) electrons. The number of halogens is 1. The van der Waals surface area contributed by atoms with Crippen LogP contribution in [0.4, 0.5) is 4.79 Å². The summed E-state index contributed by atoms with van der Waals surface area (Å²) in [5.74, 6) is 1.99. The summed E-state index contributed by atoms with van der Waals surface area (Å²) in [6.45, 7) is 16.3. The van der Waals surface area contributed by atoms with Crippen molar-refractivity contribution in [3.05, 3.63) is 17.5 Å². The molecule has 0 saturated carbocycles. The van der Waals surface area contributed by atoms with Crippen LogP contribution in [0.5, 0.6) is 0 Å². The van der Waals surface area contributed by atoms with Crippen molar-refractivity contribution in [3.63, 3.8) is 0 Å². The highest BCUT2D eigenvalue weighted by Gasteiger charge is 2.20. The smallest absolute Gasteiger partial charge is 0.410 e. The SMILES string of the molecule is CCNC(=NCc1cc(C(C)C)no1)NCC(C)CN(C)C(=O)OC(C)(C)C.I. The summed E-state index contributed by atoms with van der Waals surface area (Å²) in [6.07, 6.45) is -0.314. The van der Waals surface area contributed by atoms with Gasteiger partial charge in [0.05, 0.1) is 5.69 Å². The van der Waals surface area contributed by atoms with Crippen molar-refractivity contribution in [1.29, 1.82) is 0 Å². The van der Waals surface area contributed by atoms with Gasteiger partial charge in [-0.15, -0.1) is 24.0 Å². The molecule has 0 aliphatic heterocycles. The maximum Gasteiger partial charge on any atom is 0.410 e. The molecule has 0 aromatic carbocycles. The number of carbonyl (C=O) groups is 1. The minimum Gasteiger partial charge on any atom is -0.444 e. The van der Waals surface area contributed by atoms with Crippen LogP contribution < -0.4 is 10.6 Å². The van der Waals surface area contributed by atoms with Gasteiger partial charge in [-0.2, -0.15) is 0 Å². The molecule has 1 unspecified atom stereocenters. The molecule has 1 rings (SSSR count). The first kappa shape index (κ1) is 27.5. The average molecular weight is 523 g/mol. The zero-order chi connectivity index (χ0) is 21.3. The maximum atomic E-state index is 12.1. The van der Waals surface area contributed by atoms with Gasteiger partial charge in [0.1, 0.15) is 12.1 Å². The minimum atomic E-state index is -0.492. The Labute approximate surface area is 192 Å². The fraction of sp³-hybridized carbons (Fsp3) is 0.750. The monoisotopic (exact) mass is 523 g/mol. The van der Waals surface area contributed by atoms with E-state index in [2.05, 4.69) is 41.6 Å². The number of nitrogens with zero attached hydrogens (tertiary/aromatic N) is 3. The van der Waals surface area contributed by atoms with Crippen LogP contribution in [-0.2, 0) is 11.3 Å². The number of rotatable bonds is 8. The zero-order valence-electron chi connectivity index (χ0n) is 19.0. The van der Waals surface area contributed by atoms with Crippen LogP contribution in [0.1, 0.15) is 65.8 Å². The van der Waals surface area contributed by atoms with E-state index in [1.165, 1.54) is 0 Å². The second kappa shape index (κ2) is 12.9. The van der Waals surface area contributed by atoms with Crippen LogP contribution in [-0.4, -0.2) is 54.4 Å². The summed E-state index contributed by atoms with van der Waals surface area (Å²) in [4.78, 5) is 18.2. The predicted molar refractivity (Wildman–Crippen MR) is 127 cm³/mol. The summed E-state index contributed by atoms with van der Waals surface area (Å²) >= 11 is 0. The molecular formula is C20H38IN5O3.